The second kappa shape index (κ2) is 5.46. The number of carboxylic acids is 1. The molecular weight excluding hydrogens is 270 g/mol. The van der Waals surface area contributed by atoms with Gasteiger partial charge in [0.1, 0.15) is 6.04 Å². The van der Waals surface area contributed by atoms with Gasteiger partial charge in [-0.1, -0.05) is 24.3 Å². The molecule has 1 heterocycles. The lowest BCUT2D eigenvalue weighted by atomic mass is 10.0. The fourth-order valence-electron chi connectivity index (χ4n) is 2.30. The van der Waals surface area contributed by atoms with Crippen molar-refractivity contribution in [2.24, 2.45) is 0 Å². The zero-order chi connectivity index (χ0) is 14.8. The predicted octanol–water partition coefficient (Wildman–Crippen LogP) is 2.80. The molecule has 1 atom stereocenters. The van der Waals surface area contributed by atoms with E-state index in [0.717, 1.165) is 5.56 Å². The summed E-state index contributed by atoms with van der Waals surface area (Å²) in [4.78, 5) is 11.2. The first-order valence-electron chi connectivity index (χ1n) is 6.65. The molecule has 0 aliphatic carbocycles. The molecule has 0 bridgehead atoms. The van der Waals surface area contributed by atoms with Crippen molar-refractivity contribution in [3.05, 3.63) is 48.0 Å². The second-order valence-electron chi connectivity index (χ2n) is 4.78. The first kappa shape index (κ1) is 13.5. The van der Waals surface area contributed by atoms with Crippen molar-refractivity contribution < 1.29 is 19.4 Å². The van der Waals surface area contributed by atoms with Crippen LogP contribution in [-0.2, 0) is 11.2 Å². The highest BCUT2D eigenvalue weighted by molar-refractivity contribution is 5.74. The van der Waals surface area contributed by atoms with Crippen LogP contribution in [0, 0.1) is 0 Å². The van der Waals surface area contributed by atoms with E-state index in [9.17, 15) is 4.79 Å². The smallest absolute Gasteiger partial charge is 0.321 e. The van der Waals surface area contributed by atoms with Crippen molar-refractivity contribution >= 4 is 5.97 Å². The van der Waals surface area contributed by atoms with Crippen molar-refractivity contribution in [2.45, 2.75) is 12.5 Å². The van der Waals surface area contributed by atoms with Gasteiger partial charge < -0.3 is 19.9 Å². The molecule has 21 heavy (non-hydrogen) atoms. The molecule has 0 spiro atoms. The molecule has 3 rings (SSSR count). The summed E-state index contributed by atoms with van der Waals surface area (Å²) in [6.07, 6.45) is 0.320. The summed E-state index contributed by atoms with van der Waals surface area (Å²) in [5, 5.41) is 11.9. The van der Waals surface area contributed by atoms with Crippen LogP contribution in [-0.4, -0.2) is 24.2 Å². The van der Waals surface area contributed by atoms with Crippen LogP contribution in [0.3, 0.4) is 0 Å². The molecule has 0 saturated heterocycles. The Bertz CT molecular complexity index is 684. The standard InChI is InChI=1S/C16H15NO4/c1-17-11(16(18)19)9-10-5-4-8-14-15(10)21-13-7-3-2-6-12(13)20-14/h2-8,11,17H,9H2,1H3,(H,18,19)/t11-/m0/s1. The zero-order valence-corrected chi connectivity index (χ0v) is 11.5. The average Bonchev–Trinajstić information content (AvgIpc) is 2.50. The van der Waals surface area contributed by atoms with Crippen LogP contribution in [0.2, 0.25) is 0 Å². The molecule has 0 fully saturated rings. The Hall–Kier alpha value is -2.53. The number of carboxylic acid groups (broad SMARTS) is 1. The number of hydrogen-bond acceptors (Lipinski definition) is 4. The molecule has 1 aliphatic rings. The van der Waals surface area contributed by atoms with Gasteiger partial charge in [-0.05, 0) is 25.2 Å². The molecule has 0 aromatic heterocycles. The molecule has 0 amide bonds. The van der Waals surface area contributed by atoms with Crippen molar-refractivity contribution in [2.75, 3.05) is 7.05 Å². The summed E-state index contributed by atoms with van der Waals surface area (Å²) >= 11 is 0. The number of nitrogens with one attached hydrogen (secondary N) is 1. The van der Waals surface area contributed by atoms with Crippen LogP contribution in [0.15, 0.2) is 42.5 Å². The second-order valence-corrected chi connectivity index (χ2v) is 4.78. The first-order valence-corrected chi connectivity index (χ1v) is 6.65. The number of fused-ring (bicyclic) bond motifs is 2. The Labute approximate surface area is 122 Å². The maximum atomic E-state index is 11.2. The van der Waals surface area contributed by atoms with Gasteiger partial charge in [-0.3, -0.25) is 4.79 Å². The molecule has 2 aromatic rings. The predicted molar refractivity (Wildman–Crippen MR) is 77.2 cm³/mol. The van der Waals surface area contributed by atoms with Gasteiger partial charge in [0.15, 0.2) is 23.0 Å². The third kappa shape index (κ3) is 2.55. The third-order valence-electron chi connectivity index (χ3n) is 3.41. The van der Waals surface area contributed by atoms with Gasteiger partial charge >= 0.3 is 5.97 Å². The SMILES string of the molecule is CN[C@@H](Cc1cccc2c1Oc1ccccc1O2)C(=O)O. The monoisotopic (exact) mass is 285 g/mol. The van der Waals surface area contributed by atoms with Crippen LogP contribution in [0.1, 0.15) is 5.56 Å². The maximum Gasteiger partial charge on any atom is 0.321 e. The molecule has 5 heteroatoms. The molecule has 0 unspecified atom stereocenters. The first-order chi connectivity index (χ1) is 10.2. The Kier molecular flexibility index (Phi) is 3.50. The topological polar surface area (TPSA) is 67.8 Å². The number of para-hydroxylation sites is 3. The van der Waals surface area contributed by atoms with E-state index in [2.05, 4.69) is 5.32 Å². The molecule has 0 radical (unpaired) electrons. The van der Waals surface area contributed by atoms with Crippen LogP contribution < -0.4 is 14.8 Å². The van der Waals surface area contributed by atoms with Crippen LogP contribution in [0.25, 0.3) is 0 Å². The van der Waals surface area contributed by atoms with Crippen molar-refractivity contribution in [3.63, 3.8) is 0 Å². The van der Waals surface area contributed by atoms with Crippen LogP contribution in [0.5, 0.6) is 23.0 Å². The molecular formula is C16H15NO4. The minimum Gasteiger partial charge on any atom is -0.480 e. The molecule has 2 aromatic carbocycles. The largest absolute Gasteiger partial charge is 0.480 e. The van der Waals surface area contributed by atoms with E-state index in [0.29, 0.717) is 29.4 Å². The Morgan fingerprint density at radius 1 is 1.10 bits per heavy atom. The summed E-state index contributed by atoms with van der Waals surface area (Å²) in [6, 6.07) is 12.2. The summed E-state index contributed by atoms with van der Waals surface area (Å²) in [6.45, 7) is 0. The normalized spacial score (nSPS) is 13.4. The summed E-state index contributed by atoms with van der Waals surface area (Å²) in [5.41, 5.74) is 0.795. The van der Waals surface area contributed by atoms with Crippen LogP contribution >= 0.6 is 0 Å². The van der Waals surface area contributed by atoms with Gasteiger partial charge in [-0.25, -0.2) is 0 Å². The summed E-state index contributed by atoms with van der Waals surface area (Å²) in [5.74, 6) is 1.58. The fourth-order valence-corrected chi connectivity index (χ4v) is 2.30. The quantitative estimate of drug-likeness (QED) is 0.771. The summed E-state index contributed by atoms with van der Waals surface area (Å²) in [7, 11) is 1.63. The molecule has 5 nitrogen and oxygen atoms in total. The number of aliphatic carboxylic acids is 1. The molecule has 2 N–H and O–H groups in total. The number of benzene rings is 2. The van der Waals surface area contributed by atoms with Gasteiger partial charge in [0.2, 0.25) is 0 Å². The van der Waals surface area contributed by atoms with Gasteiger partial charge in [-0.2, -0.15) is 0 Å². The Morgan fingerprint density at radius 3 is 2.43 bits per heavy atom. The van der Waals surface area contributed by atoms with E-state index in [4.69, 9.17) is 14.6 Å². The van der Waals surface area contributed by atoms with Crippen molar-refractivity contribution in [1.82, 2.24) is 5.32 Å². The van der Waals surface area contributed by atoms with Gasteiger partial charge in [-0.15, -0.1) is 0 Å². The fraction of sp³-hybridized carbons (Fsp3) is 0.188. The Morgan fingerprint density at radius 2 is 1.76 bits per heavy atom. The minimum absolute atomic E-state index is 0.320. The van der Waals surface area contributed by atoms with Gasteiger partial charge in [0.05, 0.1) is 0 Å². The van der Waals surface area contributed by atoms with E-state index in [1.165, 1.54) is 0 Å². The highest BCUT2D eigenvalue weighted by atomic mass is 16.6. The Balaban J connectivity index is 1.94. The minimum atomic E-state index is -0.896. The van der Waals surface area contributed by atoms with Crippen molar-refractivity contribution in [3.8, 4) is 23.0 Å². The summed E-state index contributed by atoms with van der Waals surface area (Å²) < 4.78 is 11.7. The van der Waals surface area contributed by atoms with Crippen LogP contribution in [0.4, 0.5) is 0 Å². The number of hydrogen-bond donors (Lipinski definition) is 2. The molecule has 108 valence electrons. The third-order valence-corrected chi connectivity index (χ3v) is 3.41. The lowest BCUT2D eigenvalue weighted by Crippen LogP contribution is -2.35. The van der Waals surface area contributed by atoms with E-state index in [1.807, 2.05) is 42.5 Å². The van der Waals surface area contributed by atoms with Gasteiger partial charge in [0, 0.05) is 12.0 Å². The number of rotatable bonds is 4. The number of ether oxygens (including phenoxy) is 2. The highest BCUT2D eigenvalue weighted by Crippen LogP contribution is 2.46. The van der Waals surface area contributed by atoms with E-state index in [1.54, 1.807) is 7.05 Å². The zero-order valence-electron chi connectivity index (χ0n) is 11.5. The van der Waals surface area contributed by atoms with Crippen molar-refractivity contribution in [1.29, 1.82) is 0 Å². The maximum absolute atomic E-state index is 11.2. The molecule has 0 saturated carbocycles. The lowest BCUT2D eigenvalue weighted by Gasteiger charge is -2.23. The number of likely N-dealkylation sites (N-methyl/N-ethyl adjacent to an activating group) is 1. The lowest BCUT2D eigenvalue weighted by molar-refractivity contribution is -0.139. The molecule has 1 aliphatic heterocycles. The van der Waals surface area contributed by atoms with E-state index < -0.39 is 12.0 Å². The average molecular weight is 285 g/mol. The highest BCUT2D eigenvalue weighted by Gasteiger charge is 2.24. The van der Waals surface area contributed by atoms with E-state index >= 15 is 0 Å². The van der Waals surface area contributed by atoms with Gasteiger partial charge in [0.25, 0.3) is 0 Å². The number of carbonyl (C=O) groups is 1. The van der Waals surface area contributed by atoms with E-state index in [-0.39, 0.29) is 0 Å².